The molecule has 4 heterocycles. The number of amides is 1. The second-order valence-corrected chi connectivity index (χ2v) is 19.6. The van der Waals surface area contributed by atoms with E-state index in [4.69, 9.17) is 21.1 Å². The summed E-state index contributed by atoms with van der Waals surface area (Å²) in [6.07, 6.45) is 11.9. The Bertz CT molecular complexity index is 1990. The van der Waals surface area contributed by atoms with Gasteiger partial charge in [-0.05, 0) is 105 Å². The van der Waals surface area contributed by atoms with Crippen LogP contribution in [-0.2, 0) is 26.6 Å². The predicted molar refractivity (Wildman–Crippen MR) is 216 cm³/mol. The van der Waals surface area contributed by atoms with Gasteiger partial charge in [-0.3, -0.25) is 9.69 Å². The van der Waals surface area contributed by atoms with Gasteiger partial charge in [0.25, 0.3) is 5.91 Å². The Hall–Kier alpha value is -3.16. The van der Waals surface area contributed by atoms with Gasteiger partial charge in [0.1, 0.15) is 11.4 Å². The van der Waals surface area contributed by atoms with Crippen LogP contribution < -0.4 is 19.3 Å². The normalized spacial score (nSPS) is 32.0. The Balaban J connectivity index is 1.17. The number of ether oxygens (including phenoxy) is 2. The van der Waals surface area contributed by atoms with Crippen LogP contribution in [0.4, 0.5) is 10.8 Å². The fraction of sp³-hybridized carbons (Fsp3) is 0.561. The number of carbonyl (C=O) groups excluding carboxylic acids is 1. The molecule has 10 nitrogen and oxygen atoms in total. The standard InChI is InChI=1S/C41H52ClN5O5S2/c1-28-6-4-15-41(51-3,26-45-17-19-46(20-18-45)39-43-16-21-53-39)35-11-8-32(35)24-47-25-40(14-5-7-30-22-33(42)10-12-34(30)40)27-52-37-13-9-31(23-36(37)47)38(48)44-54(49,50)29(28)2/h4,9-10,12-13,15-16,21-23,28-29,32,35H,5-8,11,14,17-20,24-27H2,1-3H3,(H,44,48)/b15-4-/t28-,29+,32-,35+,40-,41+/m0/s1. The van der Waals surface area contributed by atoms with Gasteiger partial charge >= 0.3 is 0 Å². The van der Waals surface area contributed by atoms with Gasteiger partial charge in [-0.2, -0.15) is 0 Å². The van der Waals surface area contributed by atoms with E-state index in [1.807, 2.05) is 43.8 Å². The van der Waals surface area contributed by atoms with Crippen LogP contribution in [0.5, 0.6) is 5.75 Å². The van der Waals surface area contributed by atoms with E-state index < -0.39 is 26.8 Å². The van der Waals surface area contributed by atoms with E-state index >= 15 is 0 Å². The van der Waals surface area contributed by atoms with Crippen LogP contribution in [0.1, 0.15) is 67.4 Å². The molecule has 1 amide bonds. The van der Waals surface area contributed by atoms with Gasteiger partial charge in [0.2, 0.25) is 10.0 Å². The SMILES string of the molecule is CO[C@@]1(CN2CCN(c3nccs3)CC2)/C=C\C[C@H](C)[C@@H](C)S(=O)(=O)NC(=O)c2ccc3c(c2)N(C[C@@H]2CC[C@H]21)C[C@@]1(CCCc2cc(Cl)ccc21)CO3. The quantitative estimate of drug-likeness (QED) is 0.295. The predicted octanol–water partition coefficient (Wildman–Crippen LogP) is 6.55. The number of thiazole rings is 1. The second-order valence-electron chi connectivity index (χ2n) is 16.3. The number of sulfonamides is 1. The van der Waals surface area contributed by atoms with Crippen molar-refractivity contribution < 1.29 is 22.7 Å². The minimum absolute atomic E-state index is 0.228. The molecule has 1 spiro atoms. The van der Waals surface area contributed by atoms with Crippen LogP contribution in [-0.4, -0.2) is 94.6 Å². The smallest absolute Gasteiger partial charge is 0.264 e. The number of nitrogens with zero attached hydrogens (tertiary/aromatic N) is 4. The summed E-state index contributed by atoms with van der Waals surface area (Å²) in [7, 11) is -2.12. The number of hydrogen-bond acceptors (Lipinski definition) is 10. The van der Waals surface area contributed by atoms with Gasteiger partial charge in [-0.15, -0.1) is 11.3 Å². The summed E-state index contributed by atoms with van der Waals surface area (Å²) in [5.74, 6) is 0.430. The first-order chi connectivity index (χ1) is 26.0. The molecule has 0 radical (unpaired) electrons. The van der Waals surface area contributed by atoms with E-state index in [2.05, 4.69) is 48.7 Å². The highest BCUT2D eigenvalue weighted by Gasteiger charge is 2.50. The number of piperazine rings is 1. The molecule has 1 saturated heterocycles. The molecule has 2 aliphatic carbocycles. The molecule has 6 atom stereocenters. The largest absolute Gasteiger partial charge is 0.490 e. The summed E-state index contributed by atoms with van der Waals surface area (Å²) in [5.41, 5.74) is 2.85. The van der Waals surface area contributed by atoms with Crippen molar-refractivity contribution >= 4 is 49.7 Å². The molecular formula is C41H52ClN5O5S2. The first kappa shape index (κ1) is 37.7. The van der Waals surface area contributed by atoms with Crippen molar-refractivity contribution in [3.63, 3.8) is 0 Å². The third kappa shape index (κ3) is 7.17. The molecule has 2 bridgehead atoms. The van der Waals surface area contributed by atoms with Crippen LogP contribution in [0.3, 0.4) is 0 Å². The fourth-order valence-electron chi connectivity index (χ4n) is 9.63. The third-order valence-corrected chi connectivity index (χ3v) is 16.1. The molecule has 8 rings (SSSR count). The maximum absolute atomic E-state index is 13.7. The third-order valence-electron chi connectivity index (χ3n) is 13.1. The first-order valence-electron chi connectivity index (χ1n) is 19.5. The minimum atomic E-state index is -3.96. The lowest BCUT2D eigenvalue weighted by atomic mass is 9.63. The number of aryl methyl sites for hydroxylation is 1. The molecule has 1 N–H and O–H groups in total. The van der Waals surface area contributed by atoms with Crippen molar-refractivity contribution in [1.29, 1.82) is 0 Å². The van der Waals surface area contributed by atoms with Crippen molar-refractivity contribution in [2.45, 2.75) is 68.6 Å². The van der Waals surface area contributed by atoms with E-state index in [1.54, 1.807) is 24.3 Å². The highest BCUT2D eigenvalue weighted by molar-refractivity contribution is 7.90. The number of hydrogen-bond donors (Lipinski definition) is 1. The molecule has 2 fully saturated rings. The molecule has 0 unspecified atom stereocenters. The topological polar surface area (TPSA) is 104 Å². The summed E-state index contributed by atoms with van der Waals surface area (Å²) in [6, 6.07) is 11.6. The van der Waals surface area contributed by atoms with Crippen LogP contribution in [0.15, 0.2) is 60.1 Å². The zero-order chi connectivity index (χ0) is 37.7. The molecule has 13 heteroatoms. The Morgan fingerprint density at radius 3 is 2.67 bits per heavy atom. The summed E-state index contributed by atoms with van der Waals surface area (Å²) >= 11 is 8.19. The summed E-state index contributed by atoms with van der Waals surface area (Å²) in [5, 5.41) is 3.06. The number of rotatable bonds is 4. The Morgan fingerprint density at radius 1 is 1.09 bits per heavy atom. The van der Waals surface area contributed by atoms with Gasteiger partial charge in [0, 0.05) is 80.5 Å². The number of benzene rings is 2. The van der Waals surface area contributed by atoms with Gasteiger partial charge in [0.15, 0.2) is 5.13 Å². The molecule has 290 valence electrons. The average molecular weight is 794 g/mol. The van der Waals surface area contributed by atoms with Gasteiger partial charge in [0.05, 0.1) is 17.5 Å². The summed E-state index contributed by atoms with van der Waals surface area (Å²) < 4.78 is 43.1. The van der Waals surface area contributed by atoms with Gasteiger partial charge in [-0.25, -0.2) is 18.1 Å². The molecule has 1 saturated carbocycles. The maximum atomic E-state index is 13.7. The highest BCUT2D eigenvalue weighted by Crippen LogP contribution is 2.49. The molecule has 2 aromatic carbocycles. The number of nitrogens with one attached hydrogen (secondary N) is 1. The van der Waals surface area contributed by atoms with Gasteiger partial charge in [-0.1, -0.05) is 36.7 Å². The van der Waals surface area contributed by atoms with Crippen molar-refractivity contribution in [3.05, 3.63) is 81.8 Å². The Labute approximate surface area is 328 Å². The number of aromatic nitrogens is 1. The number of halogens is 1. The summed E-state index contributed by atoms with van der Waals surface area (Å²) in [4.78, 5) is 25.5. The van der Waals surface area contributed by atoms with E-state index in [1.165, 1.54) is 11.1 Å². The van der Waals surface area contributed by atoms with Crippen LogP contribution in [0.25, 0.3) is 0 Å². The number of allylic oxidation sites excluding steroid dienone is 1. The highest BCUT2D eigenvalue weighted by atomic mass is 35.5. The molecule has 54 heavy (non-hydrogen) atoms. The molecule has 3 aromatic rings. The van der Waals surface area contributed by atoms with Crippen molar-refractivity contribution in [2.75, 3.05) is 69.3 Å². The van der Waals surface area contributed by atoms with Crippen molar-refractivity contribution in [1.82, 2.24) is 14.6 Å². The molecule has 5 aliphatic rings. The van der Waals surface area contributed by atoms with Crippen LogP contribution >= 0.6 is 22.9 Å². The molecular weight excluding hydrogens is 742 g/mol. The summed E-state index contributed by atoms with van der Waals surface area (Å²) in [6.45, 7) is 10.00. The fourth-order valence-corrected chi connectivity index (χ4v) is 11.8. The van der Waals surface area contributed by atoms with Crippen LogP contribution in [0, 0.1) is 17.8 Å². The Morgan fingerprint density at radius 2 is 1.93 bits per heavy atom. The monoisotopic (exact) mass is 793 g/mol. The van der Waals surface area contributed by atoms with E-state index in [-0.39, 0.29) is 17.3 Å². The first-order valence-corrected chi connectivity index (χ1v) is 22.3. The number of carbonyl (C=O) groups is 1. The van der Waals surface area contributed by atoms with Crippen molar-refractivity contribution in [2.24, 2.45) is 17.8 Å². The zero-order valence-electron chi connectivity index (χ0n) is 31.5. The number of anilines is 2. The van der Waals surface area contributed by atoms with E-state index in [9.17, 15) is 13.2 Å². The van der Waals surface area contributed by atoms with Crippen LogP contribution in [0.2, 0.25) is 5.02 Å². The zero-order valence-corrected chi connectivity index (χ0v) is 33.9. The lowest BCUT2D eigenvalue weighted by Crippen LogP contribution is -2.59. The van der Waals surface area contributed by atoms with E-state index in [0.29, 0.717) is 36.8 Å². The van der Waals surface area contributed by atoms with Crippen molar-refractivity contribution in [3.8, 4) is 5.75 Å². The lowest BCUT2D eigenvalue weighted by Gasteiger charge is -2.52. The average Bonchev–Trinajstić information content (AvgIpc) is 3.65. The molecule has 3 aliphatic heterocycles. The number of methoxy groups -OCH3 is 1. The van der Waals surface area contributed by atoms with E-state index in [0.717, 1.165) is 87.2 Å². The van der Waals surface area contributed by atoms with Gasteiger partial charge < -0.3 is 19.3 Å². The second kappa shape index (κ2) is 15.1. The molecule has 1 aromatic heterocycles. The lowest BCUT2D eigenvalue weighted by molar-refractivity contribution is -0.0919. The maximum Gasteiger partial charge on any atom is 0.264 e. The Kier molecular flexibility index (Phi) is 10.5. The minimum Gasteiger partial charge on any atom is -0.490 e. The number of fused-ring (bicyclic) bond motifs is 4.